The second-order valence-corrected chi connectivity index (χ2v) is 6.30. The first-order valence-corrected chi connectivity index (χ1v) is 7.21. The zero-order valence-corrected chi connectivity index (χ0v) is 12.9. The highest BCUT2D eigenvalue weighted by Crippen LogP contribution is 2.23. The molecule has 0 saturated heterocycles. The molecule has 3 N–H and O–H groups in total. The first-order valence-electron chi connectivity index (χ1n) is 5.61. The maximum absolute atomic E-state index is 5.89. The first-order chi connectivity index (χ1) is 8.99. The Morgan fingerprint density at radius 2 is 2.16 bits per heavy atom. The van der Waals surface area contributed by atoms with Gasteiger partial charge in [0.05, 0.1) is 22.1 Å². The third-order valence-electron chi connectivity index (χ3n) is 2.76. The lowest BCUT2D eigenvalue weighted by atomic mass is 10.1. The van der Waals surface area contributed by atoms with Crippen LogP contribution in [0, 0.1) is 13.8 Å². The van der Waals surface area contributed by atoms with E-state index in [2.05, 4.69) is 15.5 Å². The van der Waals surface area contributed by atoms with Gasteiger partial charge in [0.1, 0.15) is 4.99 Å². The molecule has 0 fully saturated rings. The number of hydrogen-bond donors (Lipinski definition) is 2. The lowest BCUT2D eigenvalue weighted by Gasteiger charge is -2.12. The normalized spacial score (nSPS) is 10.5. The molecule has 0 aliphatic rings. The molecule has 7 heteroatoms. The van der Waals surface area contributed by atoms with E-state index >= 15 is 0 Å². The average Bonchev–Trinajstić information content (AvgIpc) is 2.76. The third-order valence-corrected chi connectivity index (χ3v) is 4.20. The summed E-state index contributed by atoms with van der Waals surface area (Å²) in [5.41, 5.74) is 8.30. The minimum absolute atomic E-state index is 0.321. The summed E-state index contributed by atoms with van der Waals surface area (Å²) in [5, 5.41) is 11.4. The topological polar surface area (TPSA) is 63.8 Å². The summed E-state index contributed by atoms with van der Waals surface area (Å²) in [6, 6.07) is 3.83. The molecule has 0 radical (unpaired) electrons. The Balaban J connectivity index is 2.25. The Morgan fingerprint density at radius 3 is 2.74 bits per heavy atom. The van der Waals surface area contributed by atoms with Crippen LogP contribution in [0.4, 0.5) is 5.82 Å². The van der Waals surface area contributed by atoms with E-state index in [0.717, 1.165) is 26.0 Å². The number of aryl methyl sites for hydroxylation is 1. The van der Waals surface area contributed by atoms with Gasteiger partial charge in [0.2, 0.25) is 0 Å². The summed E-state index contributed by atoms with van der Waals surface area (Å²) < 4.78 is 0.762. The molecule has 0 spiro atoms. The van der Waals surface area contributed by atoms with Crippen LogP contribution in [0.2, 0.25) is 4.34 Å². The molecule has 0 aliphatic carbocycles. The smallest absolute Gasteiger partial charge is 0.159 e. The fourth-order valence-corrected chi connectivity index (χ4v) is 2.93. The van der Waals surface area contributed by atoms with Crippen molar-refractivity contribution in [1.29, 1.82) is 0 Å². The molecule has 0 bridgehead atoms. The van der Waals surface area contributed by atoms with Crippen LogP contribution in [-0.4, -0.2) is 15.2 Å². The monoisotopic (exact) mass is 312 g/mol. The number of rotatable bonds is 4. The lowest BCUT2D eigenvalue weighted by Crippen LogP contribution is -2.17. The molecule has 0 aliphatic heterocycles. The molecule has 100 valence electrons. The van der Waals surface area contributed by atoms with Crippen molar-refractivity contribution in [3.8, 4) is 0 Å². The van der Waals surface area contributed by atoms with Gasteiger partial charge < -0.3 is 11.1 Å². The van der Waals surface area contributed by atoms with Gasteiger partial charge in [0, 0.05) is 4.88 Å². The van der Waals surface area contributed by atoms with E-state index in [4.69, 9.17) is 29.6 Å². The van der Waals surface area contributed by atoms with Gasteiger partial charge in [-0.05, 0) is 31.5 Å². The summed E-state index contributed by atoms with van der Waals surface area (Å²) in [6.07, 6.45) is 0. The highest BCUT2D eigenvalue weighted by molar-refractivity contribution is 7.80. The quantitative estimate of drug-likeness (QED) is 0.850. The van der Waals surface area contributed by atoms with E-state index in [1.807, 2.05) is 26.0 Å². The summed E-state index contributed by atoms with van der Waals surface area (Å²) in [4.78, 5) is 1.43. The van der Waals surface area contributed by atoms with Crippen molar-refractivity contribution >= 4 is 46.0 Å². The van der Waals surface area contributed by atoms with Crippen LogP contribution in [-0.2, 0) is 6.54 Å². The number of nitrogens with one attached hydrogen (secondary N) is 1. The van der Waals surface area contributed by atoms with Crippen molar-refractivity contribution in [1.82, 2.24) is 10.2 Å². The van der Waals surface area contributed by atoms with Gasteiger partial charge in [-0.1, -0.05) is 23.8 Å². The third kappa shape index (κ3) is 3.20. The number of nitrogens with zero attached hydrogens (tertiary/aromatic N) is 2. The Labute approximate surface area is 126 Å². The molecule has 4 nitrogen and oxygen atoms in total. The SMILES string of the molecule is Cc1nnc(NCc2ccc(Cl)s2)c(C(N)=S)c1C. The highest BCUT2D eigenvalue weighted by atomic mass is 35.5. The maximum atomic E-state index is 5.89. The van der Waals surface area contributed by atoms with Gasteiger partial charge in [-0.25, -0.2) is 0 Å². The molecular weight excluding hydrogens is 300 g/mol. The summed E-state index contributed by atoms with van der Waals surface area (Å²) in [6.45, 7) is 4.43. The van der Waals surface area contributed by atoms with Crippen LogP contribution in [0.1, 0.15) is 21.7 Å². The zero-order chi connectivity index (χ0) is 14.0. The molecule has 2 rings (SSSR count). The van der Waals surface area contributed by atoms with Gasteiger partial charge in [-0.3, -0.25) is 0 Å². The molecule has 0 unspecified atom stereocenters. The first kappa shape index (κ1) is 14.2. The minimum atomic E-state index is 0.321. The number of thiophene rings is 1. The molecule has 19 heavy (non-hydrogen) atoms. The van der Waals surface area contributed by atoms with Crippen molar-refractivity contribution in [2.24, 2.45) is 5.73 Å². The minimum Gasteiger partial charge on any atom is -0.389 e. The van der Waals surface area contributed by atoms with Crippen molar-refractivity contribution < 1.29 is 0 Å². The van der Waals surface area contributed by atoms with Gasteiger partial charge in [0.15, 0.2) is 5.82 Å². The van der Waals surface area contributed by atoms with Crippen LogP contribution in [0.3, 0.4) is 0 Å². The summed E-state index contributed by atoms with van der Waals surface area (Å²) >= 11 is 12.5. The number of halogens is 1. The molecule has 2 aromatic rings. The zero-order valence-electron chi connectivity index (χ0n) is 10.5. The van der Waals surface area contributed by atoms with Crippen LogP contribution in [0.5, 0.6) is 0 Å². The van der Waals surface area contributed by atoms with Crippen LogP contribution >= 0.6 is 35.2 Å². The predicted molar refractivity (Wildman–Crippen MR) is 84.0 cm³/mol. The van der Waals surface area contributed by atoms with Gasteiger partial charge in [-0.2, -0.15) is 5.10 Å². The van der Waals surface area contributed by atoms with Crippen LogP contribution in [0.25, 0.3) is 0 Å². The molecular formula is C12H13ClN4S2. The molecule has 0 amide bonds. The Morgan fingerprint density at radius 1 is 1.42 bits per heavy atom. The molecule has 0 atom stereocenters. The highest BCUT2D eigenvalue weighted by Gasteiger charge is 2.13. The van der Waals surface area contributed by atoms with Crippen LogP contribution in [0.15, 0.2) is 12.1 Å². The second-order valence-electron chi connectivity index (χ2n) is 4.06. The molecule has 0 aromatic carbocycles. The van der Waals surface area contributed by atoms with E-state index < -0.39 is 0 Å². The van der Waals surface area contributed by atoms with Gasteiger partial charge in [0.25, 0.3) is 0 Å². The van der Waals surface area contributed by atoms with Crippen molar-refractivity contribution in [3.05, 3.63) is 38.2 Å². The van der Waals surface area contributed by atoms with E-state index in [0.29, 0.717) is 17.4 Å². The van der Waals surface area contributed by atoms with Gasteiger partial charge in [-0.15, -0.1) is 16.4 Å². The standard InChI is InChI=1S/C12H13ClN4S2/c1-6-7(2)16-17-12(10(6)11(14)18)15-5-8-3-4-9(13)19-8/h3-4H,5H2,1-2H3,(H2,14,18)(H,15,17). The Hall–Kier alpha value is -1.24. The van der Waals surface area contributed by atoms with Crippen LogP contribution < -0.4 is 11.1 Å². The maximum Gasteiger partial charge on any atom is 0.159 e. The molecule has 2 heterocycles. The predicted octanol–water partition coefficient (Wildman–Crippen LogP) is 3.05. The summed E-state index contributed by atoms with van der Waals surface area (Å²) in [7, 11) is 0. The number of thiocarbonyl (C=S) groups is 1. The van der Waals surface area contributed by atoms with E-state index in [-0.39, 0.29) is 0 Å². The van der Waals surface area contributed by atoms with Crippen molar-refractivity contribution in [2.75, 3.05) is 5.32 Å². The van der Waals surface area contributed by atoms with E-state index in [1.165, 1.54) is 11.3 Å². The average molecular weight is 313 g/mol. The number of anilines is 1. The number of hydrogen-bond acceptors (Lipinski definition) is 5. The van der Waals surface area contributed by atoms with Gasteiger partial charge >= 0.3 is 0 Å². The van der Waals surface area contributed by atoms with E-state index in [1.54, 1.807) is 0 Å². The Kier molecular flexibility index (Phi) is 4.34. The fraction of sp³-hybridized carbons (Fsp3) is 0.250. The van der Waals surface area contributed by atoms with Crippen molar-refractivity contribution in [2.45, 2.75) is 20.4 Å². The second kappa shape index (κ2) is 5.81. The molecule has 0 saturated carbocycles. The number of nitrogens with two attached hydrogens (primary N) is 1. The lowest BCUT2D eigenvalue weighted by molar-refractivity contribution is 0.946. The Bertz CT molecular complexity index is 624. The van der Waals surface area contributed by atoms with E-state index in [9.17, 15) is 0 Å². The fourth-order valence-electron chi connectivity index (χ4n) is 1.65. The molecule has 2 aromatic heterocycles. The van der Waals surface area contributed by atoms with Crippen molar-refractivity contribution in [3.63, 3.8) is 0 Å². The summed E-state index contributed by atoms with van der Waals surface area (Å²) in [5.74, 6) is 0.611. The number of aromatic nitrogens is 2. The largest absolute Gasteiger partial charge is 0.389 e.